The van der Waals surface area contributed by atoms with E-state index in [0.717, 1.165) is 16.2 Å². The average Bonchev–Trinajstić information content (AvgIpc) is 2.76. The third kappa shape index (κ3) is 6.26. The summed E-state index contributed by atoms with van der Waals surface area (Å²) in [6, 6.07) is 14.8. The third-order valence-corrected chi connectivity index (χ3v) is 5.79. The molecule has 3 rings (SSSR count). The van der Waals surface area contributed by atoms with Gasteiger partial charge in [0.1, 0.15) is 11.5 Å². The molecule has 0 aromatic heterocycles. The summed E-state index contributed by atoms with van der Waals surface area (Å²) in [5, 5.41) is 0. The van der Waals surface area contributed by atoms with Gasteiger partial charge in [0.2, 0.25) is 0 Å². The first-order valence-electron chi connectivity index (χ1n) is 10.4. The van der Waals surface area contributed by atoms with Crippen molar-refractivity contribution in [2.75, 3.05) is 13.2 Å². The van der Waals surface area contributed by atoms with Crippen LogP contribution in [0.4, 0.5) is 0 Å². The van der Waals surface area contributed by atoms with Crippen molar-refractivity contribution in [3.63, 3.8) is 0 Å². The molecule has 0 heterocycles. The molecule has 0 unspecified atom stereocenters. The van der Waals surface area contributed by atoms with Crippen LogP contribution in [-0.2, 0) is 20.7 Å². The van der Waals surface area contributed by atoms with Crippen LogP contribution >= 0.6 is 12.6 Å². The molecule has 0 spiro atoms. The Balaban J connectivity index is 1.39. The van der Waals surface area contributed by atoms with E-state index in [4.69, 9.17) is 14.2 Å². The molecule has 1 aliphatic carbocycles. The van der Waals surface area contributed by atoms with Gasteiger partial charge in [0.25, 0.3) is 0 Å². The van der Waals surface area contributed by atoms with Crippen molar-refractivity contribution in [1.29, 1.82) is 0 Å². The number of hydrogen-bond donors (Lipinski definition) is 1. The fourth-order valence-electron chi connectivity index (χ4n) is 3.64. The summed E-state index contributed by atoms with van der Waals surface area (Å²) >= 11 is 4.41. The number of ether oxygens (including phenoxy) is 3. The Morgan fingerprint density at radius 2 is 1.50 bits per heavy atom. The maximum atomic E-state index is 12.4. The predicted molar refractivity (Wildman–Crippen MR) is 117 cm³/mol. The zero-order valence-electron chi connectivity index (χ0n) is 17.2. The molecule has 6 heteroatoms. The van der Waals surface area contributed by atoms with Gasteiger partial charge in [-0.05, 0) is 68.5 Å². The molecule has 30 heavy (non-hydrogen) atoms. The molecule has 0 N–H and O–H groups in total. The lowest BCUT2D eigenvalue weighted by atomic mass is 9.82. The van der Waals surface area contributed by atoms with E-state index in [9.17, 15) is 9.59 Å². The van der Waals surface area contributed by atoms with Gasteiger partial charge in [-0.15, -0.1) is 12.6 Å². The van der Waals surface area contributed by atoms with E-state index in [0.29, 0.717) is 51.1 Å². The molecular weight excluding hydrogens is 400 g/mol. The van der Waals surface area contributed by atoms with Crippen LogP contribution in [0, 0.1) is 11.8 Å². The highest BCUT2D eigenvalue weighted by Crippen LogP contribution is 2.31. The van der Waals surface area contributed by atoms with E-state index in [1.807, 2.05) is 31.2 Å². The molecule has 0 amide bonds. The average molecular weight is 429 g/mol. The number of hydrogen-bond acceptors (Lipinski definition) is 6. The minimum Gasteiger partial charge on any atom is -0.494 e. The normalized spacial score (nSPS) is 18.5. The maximum absolute atomic E-state index is 12.4. The molecule has 2 aromatic carbocycles. The van der Waals surface area contributed by atoms with Crippen LogP contribution < -0.4 is 9.47 Å². The van der Waals surface area contributed by atoms with E-state index in [1.165, 1.54) is 0 Å². The van der Waals surface area contributed by atoms with Crippen LogP contribution in [0.3, 0.4) is 0 Å². The molecule has 160 valence electrons. The van der Waals surface area contributed by atoms with Crippen molar-refractivity contribution in [1.82, 2.24) is 0 Å². The van der Waals surface area contributed by atoms with Gasteiger partial charge in [-0.1, -0.05) is 18.2 Å². The standard InChI is InChI=1S/C24H28O5S/c1-2-27-20-11-13-21(14-12-20)29-24(26)19-9-7-18(8-10-19)23(25)28-16-15-17-5-3-4-6-22(17)30/h3-6,11-14,18-19,30H,2,7-10,15-16H2,1H3. The lowest BCUT2D eigenvalue weighted by molar-refractivity contribution is -0.152. The number of thiol groups is 1. The zero-order chi connectivity index (χ0) is 21.3. The second-order valence-electron chi connectivity index (χ2n) is 7.42. The van der Waals surface area contributed by atoms with Crippen LogP contribution in [0.1, 0.15) is 38.2 Å². The van der Waals surface area contributed by atoms with Crippen LogP contribution in [0.5, 0.6) is 11.5 Å². The van der Waals surface area contributed by atoms with Gasteiger partial charge >= 0.3 is 11.9 Å². The second kappa shape index (κ2) is 11.1. The van der Waals surface area contributed by atoms with E-state index in [2.05, 4.69) is 12.6 Å². The highest BCUT2D eigenvalue weighted by molar-refractivity contribution is 7.80. The maximum Gasteiger partial charge on any atom is 0.314 e. The number of carbonyl (C=O) groups excluding carboxylic acids is 2. The van der Waals surface area contributed by atoms with E-state index < -0.39 is 0 Å². The van der Waals surface area contributed by atoms with Crippen molar-refractivity contribution >= 4 is 24.6 Å². The molecular formula is C24H28O5S. The Morgan fingerprint density at radius 3 is 2.13 bits per heavy atom. The molecule has 0 atom stereocenters. The van der Waals surface area contributed by atoms with Crippen LogP contribution in [-0.4, -0.2) is 25.2 Å². The van der Waals surface area contributed by atoms with E-state index >= 15 is 0 Å². The van der Waals surface area contributed by atoms with Crippen molar-refractivity contribution in [3.05, 3.63) is 54.1 Å². The summed E-state index contributed by atoms with van der Waals surface area (Å²) in [5.41, 5.74) is 1.06. The van der Waals surface area contributed by atoms with Gasteiger partial charge in [0, 0.05) is 11.3 Å². The lowest BCUT2D eigenvalue weighted by Crippen LogP contribution is -2.29. The summed E-state index contributed by atoms with van der Waals surface area (Å²) in [6.07, 6.45) is 3.20. The summed E-state index contributed by atoms with van der Waals surface area (Å²) in [4.78, 5) is 25.7. The molecule has 0 saturated heterocycles. The van der Waals surface area contributed by atoms with Crippen molar-refractivity contribution in [2.45, 2.75) is 43.9 Å². The van der Waals surface area contributed by atoms with Crippen molar-refractivity contribution in [3.8, 4) is 11.5 Å². The Hall–Kier alpha value is -2.47. The highest BCUT2D eigenvalue weighted by Gasteiger charge is 2.31. The molecule has 1 fully saturated rings. The van der Waals surface area contributed by atoms with Gasteiger partial charge in [-0.25, -0.2) is 0 Å². The van der Waals surface area contributed by atoms with E-state index in [1.54, 1.807) is 24.3 Å². The smallest absolute Gasteiger partial charge is 0.314 e. The van der Waals surface area contributed by atoms with Crippen molar-refractivity contribution in [2.24, 2.45) is 11.8 Å². The summed E-state index contributed by atoms with van der Waals surface area (Å²) in [6.45, 7) is 2.85. The monoisotopic (exact) mass is 428 g/mol. The number of rotatable bonds is 8. The predicted octanol–water partition coefficient (Wildman–Crippen LogP) is 4.87. The van der Waals surface area contributed by atoms with Gasteiger partial charge in [0.15, 0.2) is 0 Å². The fraction of sp³-hybridized carbons (Fsp3) is 0.417. The molecule has 0 aliphatic heterocycles. The third-order valence-electron chi connectivity index (χ3n) is 5.35. The molecule has 1 saturated carbocycles. The van der Waals surface area contributed by atoms with Crippen molar-refractivity contribution < 1.29 is 23.8 Å². The van der Waals surface area contributed by atoms with Gasteiger partial charge in [-0.2, -0.15) is 0 Å². The molecule has 0 bridgehead atoms. The molecule has 5 nitrogen and oxygen atoms in total. The lowest BCUT2D eigenvalue weighted by Gasteiger charge is -2.26. The van der Waals surface area contributed by atoms with Gasteiger partial charge < -0.3 is 14.2 Å². The number of carbonyl (C=O) groups is 2. The Labute approximate surface area is 183 Å². The van der Waals surface area contributed by atoms with Crippen LogP contribution in [0.2, 0.25) is 0 Å². The SMILES string of the molecule is CCOc1ccc(OC(=O)C2CCC(C(=O)OCCc3ccccc3S)CC2)cc1. The zero-order valence-corrected chi connectivity index (χ0v) is 18.1. The first-order chi connectivity index (χ1) is 14.6. The quantitative estimate of drug-likeness (QED) is 0.369. The first kappa shape index (κ1) is 22.2. The second-order valence-corrected chi connectivity index (χ2v) is 7.90. The molecule has 1 aliphatic rings. The summed E-state index contributed by atoms with van der Waals surface area (Å²) in [7, 11) is 0. The Bertz CT molecular complexity index is 841. The van der Waals surface area contributed by atoms with Crippen LogP contribution in [0.15, 0.2) is 53.4 Å². The first-order valence-corrected chi connectivity index (χ1v) is 10.9. The molecule has 2 aromatic rings. The summed E-state index contributed by atoms with van der Waals surface area (Å²) in [5.74, 6) is 0.507. The number of benzene rings is 2. The van der Waals surface area contributed by atoms with Gasteiger partial charge in [0.05, 0.1) is 25.0 Å². The molecule has 0 radical (unpaired) electrons. The summed E-state index contributed by atoms with van der Waals surface area (Å²) < 4.78 is 16.3. The highest BCUT2D eigenvalue weighted by atomic mass is 32.1. The topological polar surface area (TPSA) is 61.8 Å². The Morgan fingerprint density at radius 1 is 0.900 bits per heavy atom. The minimum atomic E-state index is -0.239. The van der Waals surface area contributed by atoms with E-state index in [-0.39, 0.29) is 23.8 Å². The Kier molecular flexibility index (Phi) is 8.20. The fourth-order valence-corrected chi connectivity index (χ4v) is 3.91. The minimum absolute atomic E-state index is 0.147. The number of esters is 2. The van der Waals surface area contributed by atoms with Crippen LogP contribution in [0.25, 0.3) is 0 Å². The largest absolute Gasteiger partial charge is 0.494 e. The van der Waals surface area contributed by atoms with Gasteiger partial charge in [-0.3, -0.25) is 9.59 Å².